The quantitative estimate of drug-likeness (QED) is 0.628. The van der Waals surface area contributed by atoms with Crippen molar-refractivity contribution < 1.29 is 9.90 Å². The molecule has 0 rings (SSSR count). The van der Waals surface area contributed by atoms with Crippen molar-refractivity contribution in [3.63, 3.8) is 0 Å². The molecule has 0 aromatic heterocycles. The highest BCUT2D eigenvalue weighted by atomic mass is 32.2. The molecular weight excluding hydrogens is 210 g/mol. The summed E-state index contributed by atoms with van der Waals surface area (Å²) in [4.78, 5) is 11.4. The van der Waals surface area contributed by atoms with Gasteiger partial charge in [0.15, 0.2) is 0 Å². The van der Waals surface area contributed by atoms with E-state index in [1.54, 1.807) is 18.7 Å². The summed E-state index contributed by atoms with van der Waals surface area (Å²) >= 11 is 1.67. The number of aliphatic hydroxyl groups excluding tert-OH is 1. The van der Waals surface area contributed by atoms with Crippen LogP contribution in [0.2, 0.25) is 0 Å². The lowest BCUT2D eigenvalue weighted by atomic mass is 10.1. The minimum atomic E-state index is -0.354. The summed E-state index contributed by atoms with van der Waals surface area (Å²) in [5, 5.41) is 12.0. The Hall–Kier alpha value is -0.220. The van der Waals surface area contributed by atoms with E-state index in [-0.39, 0.29) is 18.1 Å². The van der Waals surface area contributed by atoms with E-state index in [1.165, 1.54) is 12.8 Å². The molecule has 0 heterocycles. The molecule has 0 aliphatic rings. The average molecular weight is 233 g/mol. The number of carbonyl (C=O) groups is 1. The molecule has 0 radical (unpaired) electrons. The fourth-order valence-electron chi connectivity index (χ4n) is 1.30. The minimum Gasteiger partial charge on any atom is -0.393 e. The molecule has 4 heteroatoms. The van der Waals surface area contributed by atoms with Crippen molar-refractivity contribution in [2.24, 2.45) is 0 Å². The van der Waals surface area contributed by atoms with Gasteiger partial charge in [0.05, 0.1) is 11.9 Å². The lowest BCUT2D eigenvalue weighted by molar-refractivity contribution is -0.119. The van der Waals surface area contributed by atoms with Gasteiger partial charge in [0, 0.05) is 6.04 Å². The predicted molar refractivity (Wildman–Crippen MR) is 66.1 cm³/mol. The Labute approximate surface area is 97.0 Å². The highest BCUT2D eigenvalue weighted by molar-refractivity contribution is 7.99. The lowest BCUT2D eigenvalue weighted by Gasteiger charge is -2.15. The van der Waals surface area contributed by atoms with Gasteiger partial charge < -0.3 is 10.4 Å². The first-order chi connectivity index (χ1) is 7.06. The molecule has 2 N–H and O–H groups in total. The molecule has 90 valence electrons. The number of thioether (sulfide) groups is 1. The summed E-state index contributed by atoms with van der Waals surface area (Å²) in [5.74, 6) is 1.66. The summed E-state index contributed by atoms with van der Waals surface area (Å²) in [6.07, 6.45) is 2.60. The number of aliphatic hydroxyl groups is 1. The molecule has 2 atom stereocenters. The molecule has 0 aliphatic carbocycles. The molecule has 3 nitrogen and oxygen atoms in total. The normalized spacial score (nSPS) is 14.7. The van der Waals surface area contributed by atoms with Crippen LogP contribution in [0, 0.1) is 0 Å². The average Bonchev–Trinajstić information content (AvgIpc) is 2.10. The van der Waals surface area contributed by atoms with Gasteiger partial charge in [-0.25, -0.2) is 0 Å². The Bertz CT molecular complexity index is 174. The maximum absolute atomic E-state index is 11.4. The van der Waals surface area contributed by atoms with Crippen LogP contribution < -0.4 is 5.32 Å². The Morgan fingerprint density at radius 3 is 2.67 bits per heavy atom. The van der Waals surface area contributed by atoms with Crippen LogP contribution in [-0.2, 0) is 4.79 Å². The maximum atomic E-state index is 11.4. The Morgan fingerprint density at radius 2 is 2.13 bits per heavy atom. The zero-order valence-corrected chi connectivity index (χ0v) is 10.8. The Morgan fingerprint density at radius 1 is 1.47 bits per heavy atom. The van der Waals surface area contributed by atoms with Gasteiger partial charge in [-0.2, -0.15) is 11.8 Å². The molecule has 0 saturated carbocycles. The number of hydrogen-bond acceptors (Lipinski definition) is 3. The van der Waals surface area contributed by atoms with Crippen molar-refractivity contribution in [1.82, 2.24) is 5.32 Å². The number of amides is 1. The van der Waals surface area contributed by atoms with Crippen molar-refractivity contribution in [1.29, 1.82) is 0 Å². The number of nitrogens with one attached hydrogen (secondary N) is 1. The largest absolute Gasteiger partial charge is 0.393 e. The topological polar surface area (TPSA) is 49.3 Å². The number of rotatable bonds is 8. The second-order valence-electron chi connectivity index (χ2n) is 3.96. The third kappa shape index (κ3) is 10.1. The van der Waals surface area contributed by atoms with Crippen LogP contribution in [0.1, 0.15) is 40.0 Å². The third-order valence-electron chi connectivity index (χ3n) is 1.98. The predicted octanol–water partition coefficient (Wildman–Crippen LogP) is 1.80. The first-order valence-corrected chi connectivity index (χ1v) is 6.76. The zero-order valence-electron chi connectivity index (χ0n) is 9.95. The fourth-order valence-corrected chi connectivity index (χ4v) is 2.20. The molecule has 0 saturated heterocycles. The van der Waals surface area contributed by atoms with Crippen LogP contribution in [-0.4, -0.2) is 34.7 Å². The first-order valence-electron chi connectivity index (χ1n) is 5.61. The highest BCUT2D eigenvalue weighted by Gasteiger charge is 2.09. The van der Waals surface area contributed by atoms with Crippen LogP contribution in [0.4, 0.5) is 0 Å². The summed E-state index contributed by atoms with van der Waals surface area (Å²) in [7, 11) is 0. The number of unbranched alkanes of at least 4 members (excludes halogenated alkanes) is 1. The summed E-state index contributed by atoms with van der Waals surface area (Å²) < 4.78 is 0. The molecule has 0 aromatic carbocycles. The van der Waals surface area contributed by atoms with Gasteiger partial charge in [-0.1, -0.05) is 13.3 Å². The van der Waals surface area contributed by atoms with Gasteiger partial charge in [-0.15, -0.1) is 0 Å². The van der Waals surface area contributed by atoms with Gasteiger partial charge in [-0.05, 0) is 32.4 Å². The molecule has 15 heavy (non-hydrogen) atoms. The van der Waals surface area contributed by atoms with Crippen LogP contribution in [0.25, 0.3) is 0 Å². The molecular formula is C11H23NO2S. The van der Waals surface area contributed by atoms with E-state index in [1.807, 2.05) is 6.92 Å². The Kier molecular flexibility index (Phi) is 8.91. The maximum Gasteiger partial charge on any atom is 0.230 e. The van der Waals surface area contributed by atoms with E-state index in [4.69, 9.17) is 5.11 Å². The van der Waals surface area contributed by atoms with E-state index < -0.39 is 0 Å². The van der Waals surface area contributed by atoms with E-state index >= 15 is 0 Å². The molecule has 0 bridgehead atoms. The monoisotopic (exact) mass is 233 g/mol. The van der Waals surface area contributed by atoms with Crippen molar-refractivity contribution in [3.05, 3.63) is 0 Å². The smallest absolute Gasteiger partial charge is 0.230 e. The third-order valence-corrected chi connectivity index (χ3v) is 3.02. The van der Waals surface area contributed by atoms with Gasteiger partial charge in [-0.3, -0.25) is 4.79 Å². The van der Waals surface area contributed by atoms with Crippen molar-refractivity contribution in [2.75, 3.05) is 11.5 Å². The van der Waals surface area contributed by atoms with E-state index in [0.29, 0.717) is 12.2 Å². The number of hydrogen-bond donors (Lipinski definition) is 2. The first kappa shape index (κ1) is 14.8. The molecule has 0 aliphatic heterocycles. The molecule has 0 aromatic rings. The SMILES string of the molecule is CCCCSCC(=O)NC(C)CC(C)O. The van der Waals surface area contributed by atoms with Crippen LogP contribution >= 0.6 is 11.8 Å². The summed E-state index contributed by atoms with van der Waals surface area (Å²) in [6, 6.07) is 0.0595. The minimum absolute atomic E-state index is 0.0595. The van der Waals surface area contributed by atoms with Crippen LogP contribution in [0.15, 0.2) is 0 Å². The Balaban J connectivity index is 3.47. The van der Waals surface area contributed by atoms with Crippen molar-refractivity contribution in [2.45, 2.75) is 52.2 Å². The summed E-state index contributed by atoms with van der Waals surface area (Å²) in [6.45, 7) is 5.80. The second kappa shape index (κ2) is 9.04. The molecule has 0 fully saturated rings. The molecule has 0 spiro atoms. The van der Waals surface area contributed by atoms with E-state index in [9.17, 15) is 4.79 Å². The second-order valence-corrected chi connectivity index (χ2v) is 5.06. The standard InChI is InChI=1S/C11H23NO2S/c1-4-5-6-15-8-11(14)12-9(2)7-10(3)13/h9-10,13H,4-8H2,1-3H3,(H,12,14). The van der Waals surface area contributed by atoms with Crippen molar-refractivity contribution >= 4 is 17.7 Å². The summed E-state index contributed by atoms with van der Waals surface area (Å²) in [5.41, 5.74) is 0. The number of carbonyl (C=O) groups excluding carboxylic acids is 1. The van der Waals surface area contributed by atoms with E-state index in [0.717, 1.165) is 5.75 Å². The van der Waals surface area contributed by atoms with Crippen LogP contribution in [0.5, 0.6) is 0 Å². The van der Waals surface area contributed by atoms with Gasteiger partial charge >= 0.3 is 0 Å². The fraction of sp³-hybridized carbons (Fsp3) is 0.909. The van der Waals surface area contributed by atoms with E-state index in [2.05, 4.69) is 12.2 Å². The molecule has 2 unspecified atom stereocenters. The molecule has 1 amide bonds. The van der Waals surface area contributed by atoms with Crippen molar-refractivity contribution in [3.8, 4) is 0 Å². The van der Waals surface area contributed by atoms with Crippen LogP contribution in [0.3, 0.4) is 0 Å². The van der Waals surface area contributed by atoms with Gasteiger partial charge in [0.25, 0.3) is 0 Å². The van der Waals surface area contributed by atoms with Gasteiger partial charge in [0.2, 0.25) is 5.91 Å². The lowest BCUT2D eigenvalue weighted by Crippen LogP contribution is -2.35. The highest BCUT2D eigenvalue weighted by Crippen LogP contribution is 2.04. The zero-order chi connectivity index (χ0) is 11.7. The van der Waals surface area contributed by atoms with Gasteiger partial charge in [0.1, 0.15) is 0 Å².